The monoisotopic (exact) mass is 351 g/mol. The van der Waals surface area contributed by atoms with Crippen molar-refractivity contribution in [1.82, 2.24) is 4.98 Å². The molecule has 0 saturated carbocycles. The number of hydrogen-bond acceptors (Lipinski definition) is 4. The fourth-order valence-corrected chi connectivity index (χ4v) is 2.06. The molecule has 0 radical (unpaired) electrons. The summed E-state index contributed by atoms with van der Waals surface area (Å²) in [6.07, 6.45) is -9.27. The second kappa shape index (κ2) is 6.32. The van der Waals surface area contributed by atoms with Gasteiger partial charge < -0.3 is 14.8 Å². The molecule has 0 unspecified atom stereocenters. The third-order valence-corrected chi connectivity index (χ3v) is 2.89. The average Bonchev–Trinajstić information content (AvgIpc) is 2.44. The molecule has 0 aliphatic heterocycles. The van der Waals surface area contributed by atoms with Crippen LogP contribution in [0.3, 0.4) is 0 Å². The molecule has 11 heteroatoms. The zero-order valence-corrected chi connectivity index (χ0v) is 11.6. The van der Waals surface area contributed by atoms with Gasteiger partial charge in [-0.05, 0) is 29.2 Å². The van der Waals surface area contributed by atoms with Crippen molar-refractivity contribution in [2.24, 2.45) is 0 Å². The van der Waals surface area contributed by atoms with Crippen LogP contribution in [0.15, 0.2) is 36.5 Å². The highest BCUT2D eigenvalue weighted by atomic mass is 19.4. The Labute approximate surface area is 131 Å². The third kappa shape index (κ3) is 4.17. The van der Waals surface area contributed by atoms with Crippen LogP contribution < -0.4 is 10.2 Å². The number of halogens is 6. The maximum atomic E-state index is 13.1. The number of nitrogens with zero attached hydrogens (tertiary/aromatic N) is 1. The lowest BCUT2D eigenvalue weighted by molar-refractivity contribution is -0.274. The predicted molar refractivity (Wildman–Crippen MR) is 71.2 cm³/mol. The molecule has 1 aromatic heterocycles. The molecule has 0 aliphatic rings. The Morgan fingerprint density at radius 3 is 2.21 bits per heavy atom. The molecule has 0 aliphatic carbocycles. The molecule has 0 amide bonds. The van der Waals surface area contributed by atoms with Crippen molar-refractivity contribution in [3.05, 3.63) is 42.2 Å². The van der Waals surface area contributed by atoms with Gasteiger partial charge in [0.2, 0.25) is 0 Å². The Balaban J connectivity index is 2.65. The van der Waals surface area contributed by atoms with E-state index in [9.17, 15) is 36.4 Å². The number of pyridine rings is 1. The highest BCUT2D eigenvalue weighted by Gasteiger charge is 2.38. The smallest absolute Gasteiger partial charge is 0.423 e. The van der Waals surface area contributed by atoms with Gasteiger partial charge in [0.05, 0.1) is 0 Å². The van der Waals surface area contributed by atoms with Gasteiger partial charge in [-0.3, -0.25) is 4.98 Å². The van der Waals surface area contributed by atoms with Gasteiger partial charge in [0, 0.05) is 11.8 Å². The second-order valence-corrected chi connectivity index (χ2v) is 4.57. The van der Waals surface area contributed by atoms with Crippen LogP contribution in [0.5, 0.6) is 5.75 Å². The van der Waals surface area contributed by atoms with Crippen LogP contribution in [-0.2, 0) is 6.18 Å². The molecular formula is C13H8BF6NO3. The molecule has 0 spiro atoms. The van der Waals surface area contributed by atoms with Crippen molar-refractivity contribution in [3.8, 4) is 16.9 Å². The molecule has 0 bridgehead atoms. The summed E-state index contributed by atoms with van der Waals surface area (Å²) in [4.78, 5) is 3.16. The first-order chi connectivity index (χ1) is 11.0. The second-order valence-electron chi connectivity index (χ2n) is 4.57. The first-order valence-corrected chi connectivity index (χ1v) is 6.27. The number of benzene rings is 1. The van der Waals surface area contributed by atoms with Crippen molar-refractivity contribution in [2.45, 2.75) is 12.5 Å². The molecule has 0 saturated heterocycles. The van der Waals surface area contributed by atoms with E-state index in [2.05, 4.69) is 9.72 Å². The third-order valence-electron chi connectivity index (χ3n) is 2.89. The van der Waals surface area contributed by atoms with E-state index < -0.39 is 42.1 Å². The Hall–Kier alpha value is -2.27. The van der Waals surface area contributed by atoms with Crippen molar-refractivity contribution in [1.29, 1.82) is 0 Å². The van der Waals surface area contributed by atoms with Crippen LogP contribution in [0.1, 0.15) is 5.69 Å². The number of hydrogen-bond donors (Lipinski definition) is 2. The van der Waals surface area contributed by atoms with E-state index in [1.807, 2.05) is 0 Å². The summed E-state index contributed by atoms with van der Waals surface area (Å²) in [6, 6.07) is 4.63. The molecule has 2 N–H and O–H groups in total. The van der Waals surface area contributed by atoms with Crippen LogP contribution in [0.2, 0.25) is 0 Å². The van der Waals surface area contributed by atoms with Gasteiger partial charge >= 0.3 is 19.7 Å². The Morgan fingerprint density at radius 2 is 1.67 bits per heavy atom. The highest BCUT2D eigenvalue weighted by molar-refractivity contribution is 6.60. The van der Waals surface area contributed by atoms with Crippen molar-refractivity contribution in [2.75, 3.05) is 0 Å². The molecule has 24 heavy (non-hydrogen) atoms. The molecule has 128 valence electrons. The maximum absolute atomic E-state index is 13.1. The zero-order chi connectivity index (χ0) is 18.1. The Kier molecular flexibility index (Phi) is 4.76. The standard InChI is InChI=1S/C13H8BF6NO3/c15-12(16,17)11-10(9(14(22)23)4-5-21-11)7-2-1-3-8(6-7)24-13(18,19)20/h1-6,22-23H. The van der Waals surface area contributed by atoms with E-state index >= 15 is 0 Å². The van der Waals surface area contributed by atoms with Crippen molar-refractivity contribution < 1.29 is 41.1 Å². The van der Waals surface area contributed by atoms with Crippen molar-refractivity contribution in [3.63, 3.8) is 0 Å². The lowest BCUT2D eigenvalue weighted by Crippen LogP contribution is -2.34. The molecule has 4 nitrogen and oxygen atoms in total. The van der Waals surface area contributed by atoms with E-state index in [0.29, 0.717) is 6.07 Å². The summed E-state index contributed by atoms with van der Waals surface area (Å²) in [5.74, 6) is -0.754. The summed E-state index contributed by atoms with van der Waals surface area (Å²) in [6.45, 7) is 0. The topological polar surface area (TPSA) is 62.6 Å². The number of aromatic nitrogens is 1. The molecule has 0 atom stereocenters. The molecule has 2 aromatic rings. The minimum Gasteiger partial charge on any atom is -0.423 e. The molecule has 1 aromatic carbocycles. The SMILES string of the molecule is OB(O)c1ccnc(C(F)(F)F)c1-c1cccc(OC(F)(F)F)c1. The van der Waals surface area contributed by atoms with E-state index in [1.165, 1.54) is 0 Å². The van der Waals surface area contributed by atoms with Crippen LogP contribution in [-0.4, -0.2) is 28.5 Å². The Morgan fingerprint density at radius 1 is 1.00 bits per heavy atom. The fourth-order valence-electron chi connectivity index (χ4n) is 2.06. The van der Waals surface area contributed by atoms with Crippen LogP contribution in [0.4, 0.5) is 26.3 Å². The van der Waals surface area contributed by atoms with Gasteiger partial charge in [0.15, 0.2) is 5.69 Å². The molecule has 2 rings (SSSR count). The van der Waals surface area contributed by atoms with Gasteiger partial charge in [-0.2, -0.15) is 13.2 Å². The van der Waals surface area contributed by atoms with E-state index in [4.69, 9.17) is 0 Å². The number of rotatable bonds is 3. The zero-order valence-electron chi connectivity index (χ0n) is 11.6. The van der Waals surface area contributed by atoms with Crippen LogP contribution in [0, 0.1) is 0 Å². The van der Waals surface area contributed by atoms with E-state index in [-0.39, 0.29) is 5.56 Å². The molecule has 1 heterocycles. The van der Waals surface area contributed by atoms with Gasteiger partial charge in [-0.15, -0.1) is 13.2 Å². The van der Waals surface area contributed by atoms with E-state index in [0.717, 1.165) is 30.5 Å². The predicted octanol–water partition coefficient (Wildman–Crippen LogP) is 2.35. The minimum atomic E-state index is -5.03. The average molecular weight is 351 g/mol. The van der Waals surface area contributed by atoms with Crippen LogP contribution >= 0.6 is 0 Å². The lowest BCUT2D eigenvalue weighted by Gasteiger charge is -2.17. The van der Waals surface area contributed by atoms with E-state index in [1.54, 1.807) is 0 Å². The summed E-state index contributed by atoms with van der Waals surface area (Å²) in [5.41, 5.74) is -3.12. The highest BCUT2D eigenvalue weighted by Crippen LogP contribution is 2.36. The quantitative estimate of drug-likeness (QED) is 0.658. The first kappa shape index (κ1) is 18.1. The fraction of sp³-hybridized carbons (Fsp3) is 0.154. The van der Waals surface area contributed by atoms with Crippen molar-refractivity contribution >= 4 is 12.6 Å². The molecule has 0 fully saturated rings. The number of ether oxygens (including phenoxy) is 1. The van der Waals surface area contributed by atoms with Gasteiger partial charge in [-0.1, -0.05) is 12.1 Å². The van der Waals surface area contributed by atoms with Gasteiger partial charge in [-0.25, -0.2) is 0 Å². The Bertz CT molecular complexity index is 732. The first-order valence-electron chi connectivity index (χ1n) is 6.27. The normalized spacial score (nSPS) is 12.2. The summed E-state index contributed by atoms with van der Waals surface area (Å²) < 4.78 is 79.8. The summed E-state index contributed by atoms with van der Waals surface area (Å²) in [5, 5.41) is 18.5. The maximum Gasteiger partial charge on any atom is 0.573 e. The lowest BCUT2D eigenvalue weighted by atomic mass is 9.75. The molecular weight excluding hydrogens is 343 g/mol. The minimum absolute atomic E-state index is 0.361. The van der Waals surface area contributed by atoms with Crippen LogP contribution in [0.25, 0.3) is 11.1 Å². The summed E-state index contributed by atoms with van der Waals surface area (Å²) >= 11 is 0. The largest absolute Gasteiger partial charge is 0.573 e. The number of alkyl halides is 6. The summed E-state index contributed by atoms with van der Waals surface area (Å²) in [7, 11) is -2.28. The van der Waals surface area contributed by atoms with Gasteiger partial charge in [0.25, 0.3) is 0 Å². The van der Waals surface area contributed by atoms with Gasteiger partial charge in [0.1, 0.15) is 5.75 Å².